The molecule has 1 aliphatic rings. The SMILES string of the molecule is Cc1ccc(C(=O)N2c3ccccc3[C@H](OCCCBr)[C@@H](O)[C@@H]2C)cc1. The molecule has 0 aromatic heterocycles. The van der Waals surface area contributed by atoms with Crippen LogP contribution in [0, 0.1) is 6.92 Å². The maximum Gasteiger partial charge on any atom is 0.258 e. The molecule has 0 saturated heterocycles. The van der Waals surface area contributed by atoms with Crippen molar-refractivity contribution < 1.29 is 14.6 Å². The van der Waals surface area contributed by atoms with E-state index >= 15 is 0 Å². The summed E-state index contributed by atoms with van der Waals surface area (Å²) >= 11 is 3.40. The Morgan fingerprint density at radius 1 is 1.19 bits per heavy atom. The molecule has 0 bridgehead atoms. The van der Waals surface area contributed by atoms with Crippen molar-refractivity contribution in [3.63, 3.8) is 0 Å². The third-order valence-corrected chi connectivity index (χ3v) is 5.37. The van der Waals surface area contributed by atoms with Crippen molar-refractivity contribution in [1.29, 1.82) is 0 Å². The first-order valence-electron chi connectivity index (χ1n) is 8.89. The number of ether oxygens (including phenoxy) is 1. The van der Waals surface area contributed by atoms with Gasteiger partial charge in [0, 0.05) is 23.1 Å². The molecule has 0 aliphatic carbocycles. The van der Waals surface area contributed by atoms with Gasteiger partial charge in [0.1, 0.15) is 12.2 Å². The number of fused-ring (bicyclic) bond motifs is 1. The summed E-state index contributed by atoms with van der Waals surface area (Å²) in [5.41, 5.74) is 3.38. The molecule has 3 rings (SSSR count). The van der Waals surface area contributed by atoms with Gasteiger partial charge in [-0.1, -0.05) is 51.8 Å². The second-order valence-corrected chi connectivity index (χ2v) is 7.46. The first-order valence-corrected chi connectivity index (χ1v) is 10.0. The van der Waals surface area contributed by atoms with Crippen LogP contribution in [0.5, 0.6) is 0 Å². The number of aliphatic hydroxyl groups excluding tert-OH is 1. The highest BCUT2D eigenvalue weighted by atomic mass is 79.9. The Morgan fingerprint density at radius 2 is 1.88 bits per heavy atom. The monoisotopic (exact) mass is 417 g/mol. The van der Waals surface area contributed by atoms with Crippen LogP contribution in [0.25, 0.3) is 0 Å². The molecule has 138 valence electrons. The maximum atomic E-state index is 13.2. The second kappa shape index (κ2) is 8.33. The van der Waals surface area contributed by atoms with Gasteiger partial charge < -0.3 is 14.7 Å². The van der Waals surface area contributed by atoms with Gasteiger partial charge in [-0.25, -0.2) is 0 Å². The fourth-order valence-electron chi connectivity index (χ4n) is 3.34. The summed E-state index contributed by atoms with van der Waals surface area (Å²) in [6.45, 7) is 4.42. The van der Waals surface area contributed by atoms with Gasteiger partial charge in [-0.05, 0) is 38.5 Å². The molecule has 0 radical (unpaired) electrons. The minimum absolute atomic E-state index is 0.108. The Bertz CT molecular complexity index is 762. The van der Waals surface area contributed by atoms with Crippen molar-refractivity contribution in [3.8, 4) is 0 Å². The number of alkyl halides is 1. The summed E-state index contributed by atoms with van der Waals surface area (Å²) in [6, 6.07) is 14.8. The number of carbonyl (C=O) groups is 1. The molecular weight excluding hydrogens is 394 g/mol. The van der Waals surface area contributed by atoms with Gasteiger partial charge in [-0.3, -0.25) is 4.79 Å². The molecule has 4 nitrogen and oxygen atoms in total. The third kappa shape index (κ3) is 3.70. The van der Waals surface area contributed by atoms with E-state index in [0.29, 0.717) is 12.2 Å². The zero-order valence-corrected chi connectivity index (χ0v) is 16.6. The smallest absolute Gasteiger partial charge is 0.258 e. The summed E-state index contributed by atoms with van der Waals surface area (Å²) in [5.74, 6) is -0.108. The number of aliphatic hydroxyl groups is 1. The molecule has 26 heavy (non-hydrogen) atoms. The number of halogens is 1. The summed E-state index contributed by atoms with van der Waals surface area (Å²) in [5, 5.41) is 11.7. The predicted octanol–water partition coefficient (Wildman–Crippen LogP) is 4.25. The van der Waals surface area contributed by atoms with Gasteiger partial charge >= 0.3 is 0 Å². The van der Waals surface area contributed by atoms with Crippen molar-refractivity contribution in [2.45, 2.75) is 38.5 Å². The number of hydrogen-bond acceptors (Lipinski definition) is 3. The van der Waals surface area contributed by atoms with Crippen LogP contribution < -0.4 is 4.90 Å². The van der Waals surface area contributed by atoms with Crippen LogP contribution in [-0.2, 0) is 4.74 Å². The van der Waals surface area contributed by atoms with E-state index in [0.717, 1.165) is 28.6 Å². The van der Waals surface area contributed by atoms with Crippen LogP contribution in [-0.4, -0.2) is 35.1 Å². The topological polar surface area (TPSA) is 49.8 Å². The normalized spacial score (nSPS) is 22.2. The Balaban J connectivity index is 1.96. The predicted molar refractivity (Wildman–Crippen MR) is 107 cm³/mol. The number of rotatable bonds is 5. The van der Waals surface area contributed by atoms with Crippen LogP contribution in [0.4, 0.5) is 5.69 Å². The quantitative estimate of drug-likeness (QED) is 0.584. The Labute approximate surface area is 162 Å². The number of aryl methyl sites for hydroxylation is 1. The number of hydrogen-bond donors (Lipinski definition) is 1. The largest absolute Gasteiger partial charge is 0.388 e. The summed E-state index contributed by atoms with van der Waals surface area (Å²) < 4.78 is 5.96. The minimum Gasteiger partial charge on any atom is -0.388 e. The number of amides is 1. The molecule has 1 heterocycles. The average molecular weight is 418 g/mol. The van der Waals surface area contributed by atoms with Crippen LogP contribution >= 0.6 is 15.9 Å². The van der Waals surface area contributed by atoms with Crippen molar-refractivity contribution in [2.24, 2.45) is 0 Å². The lowest BCUT2D eigenvalue weighted by Gasteiger charge is -2.42. The van der Waals surface area contributed by atoms with E-state index in [1.54, 1.807) is 4.90 Å². The second-order valence-electron chi connectivity index (χ2n) is 6.67. The fraction of sp³-hybridized carbons (Fsp3) is 0.381. The maximum absolute atomic E-state index is 13.2. The molecule has 2 aromatic rings. The Morgan fingerprint density at radius 3 is 2.58 bits per heavy atom. The van der Waals surface area contributed by atoms with Crippen molar-refractivity contribution in [1.82, 2.24) is 0 Å². The van der Waals surface area contributed by atoms with Crippen LogP contribution in [0.1, 0.15) is 40.9 Å². The Hall–Kier alpha value is -1.69. The van der Waals surface area contributed by atoms with E-state index in [9.17, 15) is 9.90 Å². The molecule has 0 fully saturated rings. The summed E-state index contributed by atoms with van der Waals surface area (Å²) in [7, 11) is 0. The van der Waals surface area contributed by atoms with Crippen molar-refractivity contribution in [2.75, 3.05) is 16.8 Å². The number of benzene rings is 2. The molecule has 0 saturated carbocycles. The van der Waals surface area contributed by atoms with E-state index in [-0.39, 0.29) is 11.9 Å². The molecule has 1 N–H and O–H groups in total. The first kappa shape index (κ1) is 19.1. The molecule has 0 spiro atoms. The Kier molecular flexibility index (Phi) is 6.12. The molecule has 1 aliphatic heterocycles. The summed E-state index contributed by atoms with van der Waals surface area (Å²) in [4.78, 5) is 14.9. The molecule has 1 amide bonds. The molecule has 5 heteroatoms. The highest BCUT2D eigenvalue weighted by Crippen LogP contribution is 2.40. The number of carbonyl (C=O) groups excluding carboxylic acids is 1. The standard InChI is InChI=1S/C21H24BrNO3/c1-14-8-10-16(11-9-14)21(25)23-15(2)19(24)20(26-13-5-12-22)17-6-3-4-7-18(17)23/h3-4,6-11,15,19-20,24H,5,12-13H2,1-2H3/t15-,19-,20-/m0/s1. The zero-order chi connectivity index (χ0) is 18.7. The number of para-hydroxylation sites is 1. The van der Waals surface area contributed by atoms with E-state index in [1.165, 1.54) is 0 Å². The van der Waals surface area contributed by atoms with E-state index in [4.69, 9.17) is 4.74 Å². The lowest BCUT2D eigenvalue weighted by atomic mass is 9.90. The highest BCUT2D eigenvalue weighted by Gasteiger charge is 2.41. The van der Waals surface area contributed by atoms with E-state index < -0.39 is 12.2 Å². The molecule has 2 aromatic carbocycles. The van der Waals surface area contributed by atoms with E-state index in [1.807, 2.05) is 62.4 Å². The van der Waals surface area contributed by atoms with Gasteiger partial charge in [-0.15, -0.1) is 0 Å². The first-order chi connectivity index (χ1) is 12.5. The van der Waals surface area contributed by atoms with Gasteiger partial charge in [0.2, 0.25) is 0 Å². The minimum atomic E-state index is -0.783. The highest BCUT2D eigenvalue weighted by molar-refractivity contribution is 9.09. The molecular formula is C21H24BrNO3. The van der Waals surface area contributed by atoms with Crippen LogP contribution in [0.3, 0.4) is 0 Å². The molecule has 3 atom stereocenters. The lowest BCUT2D eigenvalue weighted by molar-refractivity contribution is -0.0516. The van der Waals surface area contributed by atoms with Crippen molar-refractivity contribution >= 4 is 27.5 Å². The summed E-state index contributed by atoms with van der Waals surface area (Å²) in [6.07, 6.45) is -0.344. The van der Waals surface area contributed by atoms with Gasteiger partial charge in [0.25, 0.3) is 5.91 Å². The van der Waals surface area contributed by atoms with Gasteiger partial charge in [0.05, 0.1) is 11.7 Å². The van der Waals surface area contributed by atoms with Gasteiger partial charge in [0.15, 0.2) is 0 Å². The van der Waals surface area contributed by atoms with Crippen LogP contribution in [0.2, 0.25) is 0 Å². The van der Waals surface area contributed by atoms with E-state index in [2.05, 4.69) is 15.9 Å². The average Bonchev–Trinajstić information content (AvgIpc) is 2.65. The van der Waals surface area contributed by atoms with Crippen LogP contribution in [0.15, 0.2) is 48.5 Å². The number of anilines is 1. The van der Waals surface area contributed by atoms with Crippen molar-refractivity contribution in [3.05, 3.63) is 65.2 Å². The van der Waals surface area contributed by atoms with Gasteiger partial charge in [-0.2, -0.15) is 0 Å². The number of nitrogens with zero attached hydrogens (tertiary/aromatic N) is 1. The molecule has 0 unspecified atom stereocenters. The third-order valence-electron chi connectivity index (χ3n) is 4.81. The zero-order valence-electron chi connectivity index (χ0n) is 15.1. The lowest BCUT2D eigenvalue weighted by Crippen LogP contribution is -2.52. The fourth-order valence-corrected chi connectivity index (χ4v) is 3.57.